The second kappa shape index (κ2) is 9.23. The minimum atomic E-state index is -0.485. The molecule has 0 aliphatic carbocycles. The lowest BCUT2D eigenvalue weighted by molar-refractivity contribution is -0.108. The molecule has 5 aromatic rings. The maximum atomic E-state index is 12.4. The van der Waals surface area contributed by atoms with Crippen molar-refractivity contribution in [1.82, 2.24) is 19.7 Å². The monoisotopic (exact) mass is 489 g/mol. The van der Waals surface area contributed by atoms with E-state index in [1.165, 1.54) is 6.33 Å². The SMILES string of the molecule is COc1cccc(-c2nn(CC3=C(c4ccccc4)C(C=O)c4ccccc4O3)c3ncnc(N)c23)c1. The van der Waals surface area contributed by atoms with Crippen LogP contribution in [0.3, 0.4) is 0 Å². The molecule has 0 bridgehead atoms. The molecule has 8 heteroatoms. The van der Waals surface area contributed by atoms with Crippen LogP contribution in [0.2, 0.25) is 0 Å². The fourth-order valence-corrected chi connectivity index (χ4v) is 4.81. The van der Waals surface area contributed by atoms with Crippen LogP contribution in [-0.2, 0) is 11.3 Å². The molecule has 1 atom stereocenters. The first-order valence-electron chi connectivity index (χ1n) is 11.8. The van der Waals surface area contributed by atoms with E-state index in [0.717, 1.165) is 28.5 Å². The predicted molar refractivity (Wildman–Crippen MR) is 141 cm³/mol. The molecule has 2 aromatic heterocycles. The Morgan fingerprint density at radius 3 is 2.59 bits per heavy atom. The third-order valence-electron chi connectivity index (χ3n) is 6.51. The number of methoxy groups -OCH3 is 1. The second-order valence-electron chi connectivity index (χ2n) is 8.65. The maximum Gasteiger partial charge on any atom is 0.164 e. The van der Waals surface area contributed by atoms with Gasteiger partial charge in [-0.1, -0.05) is 60.7 Å². The Bertz CT molecular complexity index is 1660. The Morgan fingerprint density at radius 2 is 1.78 bits per heavy atom. The first-order chi connectivity index (χ1) is 18.2. The lowest BCUT2D eigenvalue weighted by atomic mass is 9.84. The van der Waals surface area contributed by atoms with Gasteiger partial charge in [0.1, 0.15) is 47.9 Å². The number of nitrogen functional groups attached to an aromatic ring is 1. The van der Waals surface area contributed by atoms with Gasteiger partial charge in [0.05, 0.1) is 18.4 Å². The van der Waals surface area contributed by atoms with Crippen molar-refractivity contribution in [1.29, 1.82) is 0 Å². The zero-order valence-electron chi connectivity index (χ0n) is 20.0. The normalized spacial score (nSPS) is 14.8. The van der Waals surface area contributed by atoms with Gasteiger partial charge >= 0.3 is 0 Å². The zero-order chi connectivity index (χ0) is 25.4. The van der Waals surface area contributed by atoms with Crippen molar-refractivity contribution < 1.29 is 14.3 Å². The molecule has 6 rings (SSSR count). The van der Waals surface area contributed by atoms with Crippen molar-refractivity contribution in [3.8, 4) is 22.8 Å². The smallest absolute Gasteiger partial charge is 0.164 e. The summed E-state index contributed by atoms with van der Waals surface area (Å²) in [6.07, 6.45) is 2.38. The molecule has 3 aromatic carbocycles. The summed E-state index contributed by atoms with van der Waals surface area (Å²) in [5.41, 5.74) is 10.9. The fourth-order valence-electron chi connectivity index (χ4n) is 4.81. The van der Waals surface area contributed by atoms with Crippen LogP contribution in [-0.4, -0.2) is 33.1 Å². The second-order valence-corrected chi connectivity index (χ2v) is 8.65. The summed E-state index contributed by atoms with van der Waals surface area (Å²) < 4.78 is 13.6. The zero-order valence-corrected chi connectivity index (χ0v) is 20.0. The van der Waals surface area contributed by atoms with Crippen molar-refractivity contribution in [2.45, 2.75) is 12.5 Å². The average Bonchev–Trinajstić information content (AvgIpc) is 3.32. The van der Waals surface area contributed by atoms with Gasteiger partial charge in [-0.3, -0.25) is 0 Å². The molecule has 0 spiro atoms. The first-order valence-corrected chi connectivity index (χ1v) is 11.8. The van der Waals surface area contributed by atoms with E-state index in [-0.39, 0.29) is 6.54 Å². The number of nitrogens with zero attached hydrogens (tertiary/aromatic N) is 4. The fraction of sp³-hybridized carbons (Fsp3) is 0.103. The molecule has 2 N–H and O–H groups in total. The number of allylic oxidation sites excluding steroid dienone is 2. The number of ether oxygens (including phenoxy) is 2. The van der Waals surface area contributed by atoms with E-state index in [1.807, 2.05) is 78.9 Å². The summed E-state index contributed by atoms with van der Waals surface area (Å²) in [6, 6.07) is 25.0. The third-order valence-corrected chi connectivity index (χ3v) is 6.51. The van der Waals surface area contributed by atoms with Crippen molar-refractivity contribution in [2.24, 2.45) is 0 Å². The van der Waals surface area contributed by atoms with Crippen molar-refractivity contribution >= 4 is 28.7 Å². The highest BCUT2D eigenvalue weighted by Gasteiger charge is 2.31. The summed E-state index contributed by atoms with van der Waals surface area (Å²) in [5.74, 6) is 1.80. The molecular weight excluding hydrogens is 466 g/mol. The van der Waals surface area contributed by atoms with Crippen LogP contribution in [0.15, 0.2) is 90.9 Å². The Kier molecular flexibility index (Phi) is 5.61. The van der Waals surface area contributed by atoms with E-state index < -0.39 is 5.92 Å². The van der Waals surface area contributed by atoms with E-state index in [4.69, 9.17) is 20.3 Å². The predicted octanol–water partition coefficient (Wildman–Crippen LogP) is 4.87. The molecule has 8 nitrogen and oxygen atoms in total. The molecule has 3 heterocycles. The molecule has 0 amide bonds. The van der Waals surface area contributed by atoms with Crippen LogP contribution >= 0.6 is 0 Å². The first kappa shape index (κ1) is 22.5. The average molecular weight is 490 g/mol. The molecule has 37 heavy (non-hydrogen) atoms. The van der Waals surface area contributed by atoms with Crippen LogP contribution in [0.25, 0.3) is 27.9 Å². The highest BCUT2D eigenvalue weighted by molar-refractivity contribution is 5.98. The van der Waals surface area contributed by atoms with Crippen LogP contribution < -0.4 is 15.2 Å². The highest BCUT2D eigenvalue weighted by Crippen LogP contribution is 2.43. The van der Waals surface area contributed by atoms with E-state index in [9.17, 15) is 4.79 Å². The van der Waals surface area contributed by atoms with E-state index in [1.54, 1.807) is 11.8 Å². The Morgan fingerprint density at radius 1 is 1.00 bits per heavy atom. The topological polar surface area (TPSA) is 105 Å². The summed E-state index contributed by atoms with van der Waals surface area (Å²) >= 11 is 0. The van der Waals surface area contributed by atoms with Gasteiger partial charge in [-0.15, -0.1) is 0 Å². The van der Waals surface area contributed by atoms with Crippen LogP contribution in [0, 0.1) is 0 Å². The number of hydrogen-bond acceptors (Lipinski definition) is 7. The summed E-state index contributed by atoms with van der Waals surface area (Å²) in [5, 5.41) is 5.54. The quantitative estimate of drug-likeness (QED) is 0.339. The van der Waals surface area contributed by atoms with Crippen LogP contribution in [0.1, 0.15) is 17.0 Å². The van der Waals surface area contributed by atoms with Crippen molar-refractivity contribution in [3.05, 3.63) is 102 Å². The minimum Gasteiger partial charge on any atom is -0.497 e. The van der Waals surface area contributed by atoms with Crippen molar-refractivity contribution in [3.63, 3.8) is 0 Å². The number of aldehydes is 1. The van der Waals surface area contributed by atoms with E-state index in [2.05, 4.69) is 9.97 Å². The maximum absolute atomic E-state index is 12.4. The van der Waals surface area contributed by atoms with Crippen molar-refractivity contribution in [2.75, 3.05) is 12.8 Å². The molecule has 182 valence electrons. The molecule has 0 radical (unpaired) electrons. The third kappa shape index (κ3) is 3.88. The Labute approximate surface area is 213 Å². The summed E-state index contributed by atoms with van der Waals surface area (Å²) in [4.78, 5) is 21.2. The molecule has 0 saturated carbocycles. The number of anilines is 1. The molecule has 1 unspecified atom stereocenters. The number of benzene rings is 3. The van der Waals surface area contributed by atoms with Crippen LogP contribution in [0.5, 0.6) is 11.5 Å². The van der Waals surface area contributed by atoms with Gasteiger partial charge in [0, 0.05) is 16.7 Å². The number of carbonyl (C=O) groups excluding carboxylic acids is 1. The number of aromatic nitrogens is 4. The van der Waals surface area contributed by atoms with Crippen LogP contribution in [0.4, 0.5) is 5.82 Å². The Balaban J connectivity index is 1.55. The largest absolute Gasteiger partial charge is 0.497 e. The number of nitrogens with two attached hydrogens (primary N) is 1. The Hall–Kier alpha value is -4.98. The standard InChI is InChI=1S/C29H23N5O3/c1-36-20-11-7-10-19(14-20)27-26-28(30)31-17-32-29(26)34(33-27)15-24-25(18-8-3-2-4-9-18)22(16-35)21-12-5-6-13-23(21)37-24/h2-14,16-17,22H,15H2,1H3,(H2,30,31,32). The van der Waals surface area contributed by atoms with Gasteiger partial charge in [-0.05, 0) is 23.8 Å². The molecular formula is C29H23N5O3. The lowest BCUT2D eigenvalue weighted by Gasteiger charge is -2.28. The summed E-state index contributed by atoms with van der Waals surface area (Å²) in [7, 11) is 1.62. The van der Waals surface area contributed by atoms with Gasteiger partial charge < -0.3 is 20.0 Å². The number of hydrogen-bond donors (Lipinski definition) is 1. The number of para-hydroxylation sites is 1. The van der Waals surface area contributed by atoms with Gasteiger partial charge in [0.25, 0.3) is 0 Å². The molecule has 0 saturated heterocycles. The number of rotatable bonds is 6. The molecule has 1 aliphatic heterocycles. The highest BCUT2D eigenvalue weighted by atomic mass is 16.5. The number of carbonyl (C=O) groups is 1. The minimum absolute atomic E-state index is 0.236. The molecule has 1 aliphatic rings. The van der Waals surface area contributed by atoms with Gasteiger partial charge in [-0.2, -0.15) is 5.10 Å². The van der Waals surface area contributed by atoms with Gasteiger partial charge in [0.2, 0.25) is 0 Å². The van der Waals surface area contributed by atoms with Gasteiger partial charge in [0.15, 0.2) is 5.65 Å². The van der Waals surface area contributed by atoms with E-state index >= 15 is 0 Å². The molecule has 0 fully saturated rings. The van der Waals surface area contributed by atoms with E-state index in [0.29, 0.717) is 39.8 Å². The lowest BCUT2D eigenvalue weighted by Crippen LogP contribution is -2.20. The number of fused-ring (bicyclic) bond motifs is 2. The summed E-state index contributed by atoms with van der Waals surface area (Å²) in [6.45, 7) is 0.236. The van der Waals surface area contributed by atoms with Gasteiger partial charge in [-0.25, -0.2) is 14.6 Å².